The van der Waals surface area contributed by atoms with Crippen LogP contribution >= 0.6 is 0 Å². The normalized spacial score (nSPS) is 11.7. The van der Waals surface area contributed by atoms with Crippen molar-refractivity contribution in [1.82, 2.24) is 0 Å². The highest BCUT2D eigenvalue weighted by molar-refractivity contribution is 7.84. The van der Waals surface area contributed by atoms with Crippen LogP contribution in [0.15, 0.2) is 53.4 Å². The largest absolute Gasteiger partial charge is 0.491 e. The molecule has 2 aromatic carbocycles. The summed E-state index contributed by atoms with van der Waals surface area (Å²) in [6, 6.07) is 15.1. The van der Waals surface area contributed by atoms with Gasteiger partial charge in [0, 0.05) is 28.5 Å². The van der Waals surface area contributed by atoms with Gasteiger partial charge in [0.25, 0.3) is 0 Å². The lowest BCUT2D eigenvalue weighted by atomic mass is 10.2. The van der Waals surface area contributed by atoms with Crippen LogP contribution in [-0.2, 0) is 22.1 Å². The summed E-state index contributed by atoms with van der Waals surface area (Å²) < 4.78 is 17.0. The number of hydrogen-bond acceptors (Lipinski definition) is 4. The molecule has 122 valence electrons. The molecule has 5 nitrogen and oxygen atoms in total. The molecule has 1 amide bonds. The van der Waals surface area contributed by atoms with Crippen molar-refractivity contribution in [1.29, 1.82) is 0 Å². The quantitative estimate of drug-likeness (QED) is 0.777. The summed E-state index contributed by atoms with van der Waals surface area (Å²) in [5, 5.41) is 3.30. The number of carbonyl (C=O) groups is 1. The summed E-state index contributed by atoms with van der Waals surface area (Å²) in [5.41, 5.74) is 7.03. The lowest BCUT2D eigenvalue weighted by molar-refractivity contribution is -0.118. The van der Waals surface area contributed by atoms with Crippen LogP contribution in [0.4, 0.5) is 5.69 Å². The average molecular weight is 332 g/mol. The maximum atomic E-state index is 11.4. The van der Waals surface area contributed by atoms with Crippen LogP contribution in [0.5, 0.6) is 5.75 Å². The molecule has 6 heteroatoms. The topological polar surface area (TPSA) is 81.4 Å². The number of para-hydroxylation sites is 2. The van der Waals surface area contributed by atoms with Crippen LogP contribution in [0, 0.1) is 0 Å². The molecule has 0 unspecified atom stereocenters. The molecule has 0 radical (unpaired) electrons. The van der Waals surface area contributed by atoms with Gasteiger partial charge in [-0.25, -0.2) is 0 Å². The molecule has 3 N–H and O–H groups in total. The predicted octanol–water partition coefficient (Wildman–Crippen LogP) is 2.29. The van der Waals surface area contributed by atoms with Crippen molar-refractivity contribution >= 4 is 22.4 Å². The summed E-state index contributed by atoms with van der Waals surface area (Å²) in [6.07, 6.45) is 1.84. The van der Waals surface area contributed by atoms with Crippen LogP contribution < -0.4 is 15.8 Å². The Balaban J connectivity index is 1.97. The van der Waals surface area contributed by atoms with Gasteiger partial charge >= 0.3 is 0 Å². The van der Waals surface area contributed by atoms with Crippen molar-refractivity contribution in [2.24, 2.45) is 5.73 Å². The van der Waals surface area contributed by atoms with Crippen LogP contribution in [0.3, 0.4) is 0 Å². The number of hydrogen-bond donors (Lipinski definition) is 2. The minimum Gasteiger partial charge on any atom is -0.491 e. The molecule has 0 spiro atoms. The van der Waals surface area contributed by atoms with Crippen molar-refractivity contribution in [2.75, 3.05) is 18.2 Å². The molecule has 0 saturated carbocycles. The SMILES string of the molecule is C[S@](=O)c1ccc(CNc2ccccc2OCCC(N)=O)cc1. The van der Waals surface area contributed by atoms with Gasteiger partial charge in [-0.15, -0.1) is 0 Å². The summed E-state index contributed by atoms with van der Waals surface area (Å²) in [7, 11) is -0.967. The second kappa shape index (κ2) is 8.33. The van der Waals surface area contributed by atoms with E-state index >= 15 is 0 Å². The smallest absolute Gasteiger partial charge is 0.220 e. The summed E-state index contributed by atoms with van der Waals surface area (Å²) in [4.78, 5) is 11.6. The molecular weight excluding hydrogens is 312 g/mol. The fourth-order valence-corrected chi connectivity index (χ4v) is 2.52. The van der Waals surface area contributed by atoms with Crippen molar-refractivity contribution in [3.05, 3.63) is 54.1 Å². The van der Waals surface area contributed by atoms with Gasteiger partial charge in [0.2, 0.25) is 5.91 Å². The van der Waals surface area contributed by atoms with Gasteiger partial charge in [0.15, 0.2) is 0 Å². The second-order valence-corrected chi connectivity index (χ2v) is 6.39. The highest BCUT2D eigenvalue weighted by Crippen LogP contribution is 2.24. The zero-order chi connectivity index (χ0) is 16.7. The van der Waals surface area contributed by atoms with E-state index < -0.39 is 10.8 Å². The standard InChI is InChI=1S/C17H20N2O3S/c1-23(21)14-8-6-13(7-9-14)12-19-15-4-2-3-5-16(15)22-11-10-17(18)20/h2-9,19H,10-12H2,1H3,(H2,18,20)/t23-/m0/s1. The average Bonchev–Trinajstić information content (AvgIpc) is 2.54. The number of ether oxygens (including phenoxy) is 1. The number of rotatable bonds is 8. The van der Waals surface area contributed by atoms with E-state index in [9.17, 15) is 9.00 Å². The molecule has 23 heavy (non-hydrogen) atoms. The van der Waals surface area contributed by atoms with E-state index in [4.69, 9.17) is 10.5 Å². The molecule has 0 saturated heterocycles. The highest BCUT2D eigenvalue weighted by atomic mass is 32.2. The Morgan fingerprint density at radius 3 is 2.52 bits per heavy atom. The zero-order valence-electron chi connectivity index (χ0n) is 13.0. The Hall–Kier alpha value is -2.34. The number of benzene rings is 2. The van der Waals surface area contributed by atoms with Crippen molar-refractivity contribution in [3.8, 4) is 5.75 Å². The summed E-state index contributed by atoms with van der Waals surface area (Å²) >= 11 is 0. The Morgan fingerprint density at radius 1 is 1.17 bits per heavy atom. The van der Waals surface area contributed by atoms with Gasteiger partial charge in [-0.1, -0.05) is 24.3 Å². The molecule has 1 atom stereocenters. The number of anilines is 1. The van der Waals surface area contributed by atoms with E-state index in [1.165, 1.54) is 0 Å². The number of carbonyl (C=O) groups excluding carboxylic acids is 1. The molecule has 0 aliphatic carbocycles. The number of amides is 1. The first-order chi connectivity index (χ1) is 11.1. The van der Waals surface area contributed by atoms with E-state index in [-0.39, 0.29) is 18.9 Å². The Morgan fingerprint density at radius 2 is 1.87 bits per heavy atom. The van der Waals surface area contributed by atoms with Crippen molar-refractivity contribution in [2.45, 2.75) is 17.9 Å². The fraction of sp³-hybridized carbons (Fsp3) is 0.235. The third-order valence-corrected chi connectivity index (χ3v) is 4.17. The minimum absolute atomic E-state index is 0.184. The second-order valence-electron chi connectivity index (χ2n) is 5.01. The Bertz CT molecular complexity index is 686. The van der Waals surface area contributed by atoms with Crippen LogP contribution in [0.25, 0.3) is 0 Å². The lowest BCUT2D eigenvalue weighted by Gasteiger charge is -2.13. The van der Waals surface area contributed by atoms with Crippen LogP contribution in [-0.4, -0.2) is 23.0 Å². The first-order valence-electron chi connectivity index (χ1n) is 7.22. The highest BCUT2D eigenvalue weighted by Gasteiger charge is 2.04. The van der Waals surface area contributed by atoms with Crippen molar-refractivity contribution < 1.29 is 13.7 Å². The van der Waals surface area contributed by atoms with Gasteiger partial charge in [0.1, 0.15) is 5.75 Å². The first kappa shape index (κ1) is 17.0. The molecule has 0 heterocycles. The minimum atomic E-state index is -0.967. The molecule has 0 aliphatic rings. The fourth-order valence-electron chi connectivity index (χ4n) is 2.00. The third kappa shape index (κ3) is 5.41. The third-order valence-electron chi connectivity index (χ3n) is 3.23. The van der Waals surface area contributed by atoms with Gasteiger partial charge in [-0.3, -0.25) is 9.00 Å². The molecule has 0 aliphatic heterocycles. The van der Waals surface area contributed by atoms with Gasteiger partial charge in [-0.05, 0) is 29.8 Å². The lowest BCUT2D eigenvalue weighted by Crippen LogP contribution is -2.15. The number of primary amides is 1. The van der Waals surface area contributed by atoms with Gasteiger partial charge in [0.05, 0.1) is 18.7 Å². The number of nitrogens with two attached hydrogens (primary N) is 1. The number of nitrogens with one attached hydrogen (secondary N) is 1. The van der Waals surface area contributed by atoms with Crippen molar-refractivity contribution in [3.63, 3.8) is 0 Å². The Labute approximate surface area is 138 Å². The molecule has 2 rings (SSSR count). The molecular formula is C17H20N2O3S. The molecule has 0 aromatic heterocycles. The monoisotopic (exact) mass is 332 g/mol. The van der Waals surface area contributed by atoms with E-state index in [2.05, 4.69) is 5.32 Å². The zero-order valence-corrected chi connectivity index (χ0v) is 13.8. The maximum Gasteiger partial charge on any atom is 0.220 e. The maximum absolute atomic E-state index is 11.4. The molecule has 0 bridgehead atoms. The van der Waals surface area contributed by atoms with E-state index in [0.717, 1.165) is 16.1 Å². The molecule has 2 aromatic rings. The van der Waals surface area contributed by atoms with E-state index in [1.54, 1.807) is 6.26 Å². The Kier molecular flexibility index (Phi) is 6.17. The summed E-state index contributed by atoms with van der Waals surface area (Å²) in [5.74, 6) is 0.295. The van der Waals surface area contributed by atoms with Crippen LogP contribution in [0.2, 0.25) is 0 Å². The van der Waals surface area contributed by atoms with Crippen LogP contribution in [0.1, 0.15) is 12.0 Å². The summed E-state index contributed by atoms with van der Waals surface area (Å²) in [6.45, 7) is 0.873. The van der Waals surface area contributed by atoms with Gasteiger partial charge < -0.3 is 15.8 Å². The predicted molar refractivity (Wildman–Crippen MR) is 91.8 cm³/mol. The van der Waals surface area contributed by atoms with Gasteiger partial charge in [-0.2, -0.15) is 0 Å². The molecule has 0 fully saturated rings. The van der Waals surface area contributed by atoms with E-state index in [0.29, 0.717) is 12.3 Å². The first-order valence-corrected chi connectivity index (χ1v) is 8.78. The van der Waals surface area contributed by atoms with E-state index in [1.807, 2.05) is 48.5 Å².